The van der Waals surface area contributed by atoms with Gasteiger partial charge in [-0.25, -0.2) is 4.98 Å². The first-order valence-corrected chi connectivity index (χ1v) is 8.90. The summed E-state index contributed by atoms with van der Waals surface area (Å²) in [4.78, 5) is 11.2. The fourth-order valence-electron chi connectivity index (χ4n) is 3.22. The van der Waals surface area contributed by atoms with Crippen molar-refractivity contribution in [2.75, 3.05) is 36.5 Å². The predicted molar refractivity (Wildman–Crippen MR) is 97.6 cm³/mol. The summed E-state index contributed by atoms with van der Waals surface area (Å²) in [7, 11) is 0. The van der Waals surface area contributed by atoms with Gasteiger partial charge in [-0.1, -0.05) is 17.7 Å². The van der Waals surface area contributed by atoms with Gasteiger partial charge in [-0.2, -0.15) is 4.98 Å². The highest BCUT2D eigenvalue weighted by atomic mass is 35.5. The Hall–Kier alpha value is -1.89. The number of aryl methyl sites for hydroxylation is 1. The minimum absolute atomic E-state index is 0.384. The number of halogens is 1. The van der Waals surface area contributed by atoms with E-state index < -0.39 is 0 Å². The van der Waals surface area contributed by atoms with Gasteiger partial charge in [0.05, 0.1) is 13.2 Å². The van der Waals surface area contributed by atoms with E-state index in [1.165, 1.54) is 0 Å². The first-order valence-electron chi connectivity index (χ1n) is 8.53. The minimum atomic E-state index is -0.384. The van der Waals surface area contributed by atoms with Crippen molar-refractivity contribution in [1.29, 1.82) is 0 Å². The second kappa shape index (κ2) is 6.78. The van der Waals surface area contributed by atoms with Crippen molar-refractivity contribution >= 4 is 29.1 Å². The number of nitrogens with one attached hydrogen (secondary N) is 1. The van der Waals surface area contributed by atoms with Crippen molar-refractivity contribution in [3.05, 3.63) is 41.0 Å². The summed E-state index contributed by atoms with van der Waals surface area (Å²) < 4.78 is 11.5. The maximum atomic E-state index is 6.19. The standard InChI is InChI=1S/C18H21ClN4O2/c1-13-2-3-14(12-15(13)19)21-16-4-7-20-17(22-16)23-8-5-18(6-9-23)24-10-11-25-18/h2-4,7,12H,5-6,8-11H2,1H3,(H,20,21,22). The van der Waals surface area contributed by atoms with Gasteiger partial charge in [-0.05, 0) is 30.7 Å². The van der Waals surface area contributed by atoms with Crippen molar-refractivity contribution in [1.82, 2.24) is 9.97 Å². The molecule has 7 heteroatoms. The lowest BCUT2D eigenvalue weighted by Gasteiger charge is -2.37. The Labute approximate surface area is 152 Å². The highest BCUT2D eigenvalue weighted by Gasteiger charge is 2.40. The number of nitrogens with zero attached hydrogens (tertiary/aromatic N) is 3. The summed E-state index contributed by atoms with van der Waals surface area (Å²) in [6.45, 7) is 5.00. The average molecular weight is 361 g/mol. The van der Waals surface area contributed by atoms with Gasteiger partial charge in [0.25, 0.3) is 0 Å². The summed E-state index contributed by atoms with van der Waals surface area (Å²) in [6, 6.07) is 7.73. The van der Waals surface area contributed by atoms with Crippen LogP contribution in [0.3, 0.4) is 0 Å². The molecule has 0 radical (unpaired) electrons. The lowest BCUT2D eigenvalue weighted by atomic mass is 10.0. The van der Waals surface area contributed by atoms with Gasteiger partial charge in [-0.3, -0.25) is 0 Å². The Kier molecular flexibility index (Phi) is 4.50. The van der Waals surface area contributed by atoms with Crippen molar-refractivity contribution in [3.63, 3.8) is 0 Å². The number of ether oxygens (including phenoxy) is 2. The normalized spacial score (nSPS) is 19.4. The molecule has 0 unspecified atom stereocenters. The van der Waals surface area contributed by atoms with E-state index in [4.69, 9.17) is 21.1 Å². The minimum Gasteiger partial charge on any atom is -0.347 e. The number of hydrogen-bond acceptors (Lipinski definition) is 6. The Morgan fingerprint density at radius 1 is 1.16 bits per heavy atom. The summed E-state index contributed by atoms with van der Waals surface area (Å²) in [6.07, 6.45) is 3.44. The van der Waals surface area contributed by atoms with Gasteiger partial charge in [0, 0.05) is 42.8 Å². The van der Waals surface area contributed by atoms with Crippen molar-refractivity contribution in [2.45, 2.75) is 25.6 Å². The molecular formula is C18H21ClN4O2. The third kappa shape index (κ3) is 3.56. The molecule has 2 fully saturated rings. The van der Waals surface area contributed by atoms with Crippen LogP contribution in [0.5, 0.6) is 0 Å². The fraction of sp³-hybridized carbons (Fsp3) is 0.444. The zero-order chi connectivity index (χ0) is 17.3. The van der Waals surface area contributed by atoms with Gasteiger partial charge in [0.1, 0.15) is 5.82 Å². The summed E-state index contributed by atoms with van der Waals surface area (Å²) >= 11 is 6.19. The fourth-order valence-corrected chi connectivity index (χ4v) is 3.40. The lowest BCUT2D eigenvalue weighted by molar-refractivity contribution is -0.169. The molecule has 6 nitrogen and oxygen atoms in total. The summed E-state index contributed by atoms with van der Waals surface area (Å²) in [5.74, 6) is 1.08. The van der Waals surface area contributed by atoms with Gasteiger partial charge >= 0.3 is 0 Å². The topological polar surface area (TPSA) is 59.5 Å². The van der Waals surface area contributed by atoms with Crippen LogP contribution in [0.25, 0.3) is 0 Å². The molecule has 0 aliphatic carbocycles. The lowest BCUT2D eigenvalue weighted by Crippen LogP contribution is -2.45. The highest BCUT2D eigenvalue weighted by Crippen LogP contribution is 2.32. The molecule has 2 aliphatic rings. The second-order valence-electron chi connectivity index (χ2n) is 6.43. The molecule has 25 heavy (non-hydrogen) atoms. The van der Waals surface area contributed by atoms with E-state index in [1.807, 2.05) is 31.2 Å². The van der Waals surface area contributed by atoms with Gasteiger partial charge in [0.15, 0.2) is 5.79 Å². The third-order valence-electron chi connectivity index (χ3n) is 4.71. The van der Waals surface area contributed by atoms with Crippen molar-refractivity contribution in [3.8, 4) is 0 Å². The van der Waals surface area contributed by atoms with Crippen molar-refractivity contribution in [2.24, 2.45) is 0 Å². The molecule has 0 bridgehead atoms. The second-order valence-corrected chi connectivity index (χ2v) is 6.83. The van der Waals surface area contributed by atoms with Crippen LogP contribution in [0.4, 0.5) is 17.5 Å². The molecular weight excluding hydrogens is 340 g/mol. The molecule has 0 amide bonds. The van der Waals surface area contributed by atoms with E-state index in [-0.39, 0.29) is 5.79 Å². The SMILES string of the molecule is Cc1ccc(Nc2ccnc(N3CCC4(CC3)OCCO4)n2)cc1Cl. The predicted octanol–water partition coefficient (Wildman–Crippen LogP) is 3.53. The Morgan fingerprint density at radius 2 is 1.92 bits per heavy atom. The summed E-state index contributed by atoms with van der Waals surface area (Å²) in [5.41, 5.74) is 1.96. The maximum absolute atomic E-state index is 6.19. The van der Waals surface area contributed by atoms with E-state index in [0.717, 1.165) is 54.0 Å². The van der Waals surface area contributed by atoms with Crippen LogP contribution in [0.1, 0.15) is 18.4 Å². The molecule has 4 rings (SSSR count). The molecule has 1 N–H and O–H groups in total. The Balaban J connectivity index is 1.45. The average Bonchev–Trinajstić information content (AvgIpc) is 3.07. The molecule has 0 atom stereocenters. The third-order valence-corrected chi connectivity index (χ3v) is 5.12. The van der Waals surface area contributed by atoms with Gasteiger partial charge < -0.3 is 19.7 Å². The van der Waals surface area contributed by atoms with Gasteiger partial charge in [0.2, 0.25) is 5.95 Å². The zero-order valence-electron chi connectivity index (χ0n) is 14.2. The molecule has 2 aromatic rings. The number of benzene rings is 1. The number of piperidine rings is 1. The number of hydrogen-bond donors (Lipinski definition) is 1. The summed E-state index contributed by atoms with van der Waals surface area (Å²) in [5, 5.41) is 4.02. The molecule has 1 aromatic carbocycles. The molecule has 132 valence electrons. The van der Waals surface area contributed by atoms with E-state index in [9.17, 15) is 0 Å². The van der Waals surface area contributed by atoms with Crippen molar-refractivity contribution < 1.29 is 9.47 Å². The number of anilines is 3. The Bertz CT molecular complexity index is 754. The van der Waals surface area contributed by atoms with E-state index >= 15 is 0 Å². The monoisotopic (exact) mass is 360 g/mol. The molecule has 0 saturated carbocycles. The van der Waals surface area contributed by atoms with E-state index in [1.54, 1.807) is 6.20 Å². The molecule has 1 spiro atoms. The van der Waals surface area contributed by atoms with Gasteiger partial charge in [-0.15, -0.1) is 0 Å². The van der Waals surface area contributed by atoms with Crippen LogP contribution in [0, 0.1) is 6.92 Å². The van der Waals surface area contributed by atoms with Crippen LogP contribution in [0.2, 0.25) is 5.02 Å². The van der Waals surface area contributed by atoms with E-state index in [2.05, 4.69) is 20.2 Å². The van der Waals surface area contributed by atoms with Crippen LogP contribution < -0.4 is 10.2 Å². The molecule has 3 heterocycles. The van der Waals surface area contributed by atoms with Crippen LogP contribution in [-0.4, -0.2) is 42.1 Å². The smallest absolute Gasteiger partial charge is 0.227 e. The number of rotatable bonds is 3. The van der Waals surface area contributed by atoms with Crippen LogP contribution in [-0.2, 0) is 9.47 Å². The largest absolute Gasteiger partial charge is 0.347 e. The zero-order valence-corrected chi connectivity index (χ0v) is 14.9. The maximum Gasteiger partial charge on any atom is 0.227 e. The first kappa shape index (κ1) is 16.6. The quantitative estimate of drug-likeness (QED) is 0.903. The molecule has 1 aromatic heterocycles. The molecule has 2 aliphatic heterocycles. The first-order chi connectivity index (χ1) is 12.1. The number of aromatic nitrogens is 2. The van der Waals surface area contributed by atoms with Crippen LogP contribution in [0.15, 0.2) is 30.5 Å². The Morgan fingerprint density at radius 3 is 2.64 bits per heavy atom. The van der Waals surface area contributed by atoms with Crippen LogP contribution >= 0.6 is 11.6 Å². The molecule has 2 saturated heterocycles. The van der Waals surface area contributed by atoms with E-state index in [0.29, 0.717) is 13.2 Å². The highest BCUT2D eigenvalue weighted by molar-refractivity contribution is 6.31.